The molecular formula is C15H17FN4O4. The molecule has 9 heteroatoms. The summed E-state index contributed by atoms with van der Waals surface area (Å²) >= 11 is 0. The molecule has 0 unspecified atom stereocenters. The Labute approximate surface area is 137 Å². The van der Waals surface area contributed by atoms with Crippen LogP contribution in [0.5, 0.6) is 5.75 Å². The third kappa shape index (κ3) is 3.02. The van der Waals surface area contributed by atoms with Gasteiger partial charge in [0, 0.05) is 38.0 Å². The van der Waals surface area contributed by atoms with Crippen LogP contribution in [0.25, 0.3) is 0 Å². The van der Waals surface area contributed by atoms with Crippen molar-refractivity contribution in [2.45, 2.75) is 6.10 Å². The number of methoxy groups -OCH3 is 1. The molecule has 1 aliphatic heterocycles. The first-order chi connectivity index (χ1) is 11.5. The summed E-state index contributed by atoms with van der Waals surface area (Å²) < 4.78 is 26.8. The molecule has 1 saturated heterocycles. The Morgan fingerprint density at radius 2 is 2.29 bits per heavy atom. The molecule has 1 fully saturated rings. The van der Waals surface area contributed by atoms with Gasteiger partial charge in [0.2, 0.25) is 0 Å². The second-order valence-corrected chi connectivity index (χ2v) is 5.49. The van der Waals surface area contributed by atoms with Crippen molar-refractivity contribution in [2.24, 2.45) is 7.05 Å². The lowest BCUT2D eigenvalue weighted by Gasteiger charge is -2.34. The Morgan fingerprint density at radius 1 is 1.50 bits per heavy atom. The zero-order valence-corrected chi connectivity index (χ0v) is 13.3. The third-order valence-electron chi connectivity index (χ3n) is 3.95. The third-order valence-corrected chi connectivity index (χ3v) is 3.95. The quantitative estimate of drug-likeness (QED) is 0.628. The second kappa shape index (κ2) is 6.44. The van der Waals surface area contributed by atoms with E-state index >= 15 is 0 Å². The maximum atomic E-state index is 14.4. The molecule has 8 nitrogen and oxygen atoms in total. The average molecular weight is 336 g/mol. The Balaban J connectivity index is 1.89. The van der Waals surface area contributed by atoms with Crippen LogP contribution in [0.4, 0.5) is 15.8 Å². The summed E-state index contributed by atoms with van der Waals surface area (Å²) in [6.45, 7) is 1.32. The second-order valence-electron chi connectivity index (χ2n) is 5.49. The molecule has 2 heterocycles. The maximum absolute atomic E-state index is 14.4. The smallest absolute Gasteiger partial charge is 0.313 e. The van der Waals surface area contributed by atoms with Gasteiger partial charge in [0.1, 0.15) is 6.10 Å². The number of nitro benzene ring substituents is 1. The molecule has 0 radical (unpaired) electrons. The SMILES string of the molecule is COc1cc(N2CCO[C@H](c3cnn(C)c3)C2)c(F)cc1[N+](=O)[O-]. The zero-order valence-electron chi connectivity index (χ0n) is 13.3. The molecular weight excluding hydrogens is 319 g/mol. The van der Waals surface area contributed by atoms with Gasteiger partial charge in [0.15, 0.2) is 11.6 Å². The molecule has 128 valence electrons. The number of halogens is 1. The van der Waals surface area contributed by atoms with Gasteiger partial charge in [-0.1, -0.05) is 0 Å². The van der Waals surface area contributed by atoms with E-state index in [1.165, 1.54) is 13.2 Å². The van der Waals surface area contributed by atoms with E-state index in [0.717, 1.165) is 11.6 Å². The number of aromatic nitrogens is 2. The van der Waals surface area contributed by atoms with E-state index in [-0.39, 0.29) is 17.5 Å². The van der Waals surface area contributed by atoms with Crippen LogP contribution >= 0.6 is 0 Å². The molecule has 24 heavy (non-hydrogen) atoms. The molecule has 0 aliphatic carbocycles. The van der Waals surface area contributed by atoms with Crippen molar-refractivity contribution >= 4 is 11.4 Å². The van der Waals surface area contributed by atoms with E-state index in [4.69, 9.17) is 9.47 Å². The number of anilines is 1. The predicted molar refractivity (Wildman–Crippen MR) is 83.7 cm³/mol. The fourth-order valence-corrected chi connectivity index (χ4v) is 2.76. The minimum Gasteiger partial charge on any atom is -0.490 e. The van der Waals surface area contributed by atoms with Crippen LogP contribution in [0.1, 0.15) is 11.7 Å². The van der Waals surface area contributed by atoms with Crippen molar-refractivity contribution in [3.05, 3.63) is 46.0 Å². The van der Waals surface area contributed by atoms with Gasteiger partial charge in [-0.25, -0.2) is 4.39 Å². The van der Waals surface area contributed by atoms with E-state index < -0.39 is 16.4 Å². The number of ether oxygens (including phenoxy) is 2. The summed E-state index contributed by atoms with van der Waals surface area (Å²) in [5, 5.41) is 15.1. The van der Waals surface area contributed by atoms with Crippen LogP contribution in [-0.2, 0) is 11.8 Å². The Kier molecular flexibility index (Phi) is 4.34. The van der Waals surface area contributed by atoms with Gasteiger partial charge in [0.05, 0.1) is 36.6 Å². The van der Waals surface area contributed by atoms with Crippen molar-refractivity contribution in [1.29, 1.82) is 0 Å². The first-order valence-electron chi connectivity index (χ1n) is 7.36. The van der Waals surface area contributed by atoms with Gasteiger partial charge >= 0.3 is 5.69 Å². The lowest BCUT2D eigenvalue weighted by molar-refractivity contribution is -0.385. The highest BCUT2D eigenvalue weighted by molar-refractivity contribution is 5.60. The Hall–Kier alpha value is -2.68. The summed E-state index contributed by atoms with van der Waals surface area (Å²) in [6, 6.07) is 2.25. The first-order valence-corrected chi connectivity index (χ1v) is 7.36. The number of aryl methyl sites for hydroxylation is 1. The zero-order chi connectivity index (χ0) is 17.3. The van der Waals surface area contributed by atoms with Crippen LogP contribution in [0.15, 0.2) is 24.5 Å². The summed E-state index contributed by atoms with van der Waals surface area (Å²) in [7, 11) is 3.13. The van der Waals surface area contributed by atoms with Crippen LogP contribution in [0.2, 0.25) is 0 Å². The number of hydrogen-bond acceptors (Lipinski definition) is 6. The normalized spacial score (nSPS) is 17.8. The van der Waals surface area contributed by atoms with Crippen LogP contribution in [-0.4, -0.2) is 41.5 Å². The molecule has 1 aromatic heterocycles. The number of nitrogens with zero attached hydrogens (tertiary/aromatic N) is 4. The molecule has 1 aliphatic rings. The van der Waals surface area contributed by atoms with Gasteiger partial charge in [-0.05, 0) is 0 Å². The van der Waals surface area contributed by atoms with Gasteiger partial charge < -0.3 is 14.4 Å². The van der Waals surface area contributed by atoms with Crippen molar-refractivity contribution in [3.8, 4) is 5.75 Å². The van der Waals surface area contributed by atoms with Crippen LogP contribution in [0, 0.1) is 15.9 Å². The van der Waals surface area contributed by atoms with Crippen molar-refractivity contribution in [1.82, 2.24) is 9.78 Å². The fourth-order valence-electron chi connectivity index (χ4n) is 2.76. The fraction of sp³-hybridized carbons (Fsp3) is 0.400. The van der Waals surface area contributed by atoms with Crippen molar-refractivity contribution in [2.75, 3.05) is 31.7 Å². The lowest BCUT2D eigenvalue weighted by Crippen LogP contribution is -2.38. The van der Waals surface area contributed by atoms with E-state index in [9.17, 15) is 14.5 Å². The number of hydrogen-bond donors (Lipinski definition) is 0. The van der Waals surface area contributed by atoms with Gasteiger partial charge in [-0.3, -0.25) is 14.8 Å². The minimum absolute atomic E-state index is 0.0285. The van der Waals surface area contributed by atoms with E-state index in [2.05, 4.69) is 5.10 Å². The highest BCUT2D eigenvalue weighted by atomic mass is 19.1. The first kappa shape index (κ1) is 16.2. The Bertz CT molecular complexity index is 764. The average Bonchev–Trinajstić information content (AvgIpc) is 3.01. The highest BCUT2D eigenvalue weighted by Gasteiger charge is 2.27. The molecule has 1 aromatic carbocycles. The highest BCUT2D eigenvalue weighted by Crippen LogP contribution is 2.35. The molecule has 0 amide bonds. The number of benzene rings is 1. The number of morpholine rings is 1. The van der Waals surface area contributed by atoms with E-state index in [1.807, 2.05) is 13.2 Å². The maximum Gasteiger partial charge on any atom is 0.313 e. The summed E-state index contributed by atoms with van der Waals surface area (Å²) in [6.07, 6.45) is 3.31. The van der Waals surface area contributed by atoms with Crippen molar-refractivity contribution < 1.29 is 18.8 Å². The van der Waals surface area contributed by atoms with Crippen LogP contribution in [0.3, 0.4) is 0 Å². The molecule has 0 saturated carbocycles. The topological polar surface area (TPSA) is 82.7 Å². The standard InChI is InChI=1S/C15H17FN4O4/c1-18-8-10(7-17-18)15-9-19(3-4-24-15)12-6-14(23-2)13(20(21)22)5-11(12)16/h5-8,15H,3-4,9H2,1-2H3/t15-/m0/s1. The van der Waals surface area contributed by atoms with E-state index in [0.29, 0.717) is 19.7 Å². The molecule has 3 rings (SSSR count). The predicted octanol–water partition coefficient (Wildman–Crippen LogP) is 2.05. The lowest BCUT2D eigenvalue weighted by atomic mass is 10.1. The van der Waals surface area contributed by atoms with E-state index in [1.54, 1.807) is 15.8 Å². The summed E-state index contributed by atoms with van der Waals surface area (Å²) in [5.41, 5.74) is 0.766. The van der Waals surface area contributed by atoms with Gasteiger partial charge in [-0.15, -0.1) is 0 Å². The molecule has 0 N–H and O–H groups in total. The Morgan fingerprint density at radius 3 is 2.92 bits per heavy atom. The molecule has 0 spiro atoms. The van der Waals surface area contributed by atoms with Crippen molar-refractivity contribution in [3.63, 3.8) is 0 Å². The summed E-state index contributed by atoms with van der Waals surface area (Å²) in [5.74, 6) is -0.629. The minimum atomic E-state index is -0.663. The molecule has 0 bridgehead atoms. The number of rotatable bonds is 4. The molecule has 2 aromatic rings. The monoisotopic (exact) mass is 336 g/mol. The molecule has 1 atom stereocenters. The summed E-state index contributed by atoms with van der Waals surface area (Å²) in [4.78, 5) is 12.1. The van der Waals surface area contributed by atoms with Gasteiger partial charge in [0.25, 0.3) is 0 Å². The van der Waals surface area contributed by atoms with Gasteiger partial charge in [-0.2, -0.15) is 5.10 Å². The number of nitro groups is 1. The largest absolute Gasteiger partial charge is 0.490 e. The van der Waals surface area contributed by atoms with Crippen LogP contribution < -0.4 is 9.64 Å².